The van der Waals surface area contributed by atoms with Gasteiger partial charge in [0.05, 0.1) is 24.3 Å². The number of ether oxygens (including phenoxy) is 1. The number of rotatable bonds is 4. The summed E-state index contributed by atoms with van der Waals surface area (Å²) in [4.78, 5) is 20.0. The molecule has 0 bridgehead atoms. The number of carbonyl (C=O) groups excluding carboxylic acids is 1. The van der Waals surface area contributed by atoms with Gasteiger partial charge in [0.2, 0.25) is 0 Å². The molecule has 3 aliphatic heterocycles. The summed E-state index contributed by atoms with van der Waals surface area (Å²) in [6.07, 6.45) is -7.88. The Morgan fingerprint density at radius 3 is 1.97 bits per heavy atom. The summed E-state index contributed by atoms with van der Waals surface area (Å²) in [7, 11) is 0. The van der Waals surface area contributed by atoms with E-state index in [1.807, 2.05) is 30.3 Å². The van der Waals surface area contributed by atoms with E-state index in [9.17, 15) is 31.1 Å². The average molecular weight is 556 g/mol. The second kappa shape index (κ2) is 11.1. The fraction of sp³-hybridized carbons (Fsp3) is 0.536. The predicted molar refractivity (Wildman–Crippen MR) is 132 cm³/mol. The first-order chi connectivity index (χ1) is 18.5. The number of piperazine rings is 1. The summed E-state index contributed by atoms with van der Waals surface area (Å²) in [6, 6.07) is 10.5. The smallest absolute Gasteiger partial charge is 0.379 e. The summed E-state index contributed by atoms with van der Waals surface area (Å²) in [5, 5.41) is 0. The van der Waals surface area contributed by atoms with Gasteiger partial charge in [-0.3, -0.25) is 14.6 Å². The molecule has 3 saturated heterocycles. The van der Waals surface area contributed by atoms with E-state index in [1.165, 1.54) is 4.90 Å². The minimum absolute atomic E-state index is 0.00820. The summed E-state index contributed by atoms with van der Waals surface area (Å²) in [6.45, 7) is 4.66. The van der Waals surface area contributed by atoms with Crippen molar-refractivity contribution >= 4 is 5.91 Å². The Labute approximate surface area is 223 Å². The Bertz CT molecular complexity index is 1120. The molecule has 3 aliphatic rings. The summed E-state index contributed by atoms with van der Waals surface area (Å²) >= 11 is 0. The Balaban J connectivity index is 1.43. The van der Waals surface area contributed by atoms with Gasteiger partial charge >= 0.3 is 12.4 Å². The zero-order valence-corrected chi connectivity index (χ0v) is 21.3. The van der Waals surface area contributed by atoms with Crippen molar-refractivity contribution in [3.8, 4) is 0 Å². The van der Waals surface area contributed by atoms with Crippen LogP contribution in [0.25, 0.3) is 0 Å². The molecule has 2 aromatic carbocycles. The van der Waals surface area contributed by atoms with Crippen LogP contribution < -0.4 is 0 Å². The lowest BCUT2D eigenvalue weighted by molar-refractivity contribution is -0.143. The molecule has 11 heteroatoms. The van der Waals surface area contributed by atoms with Crippen LogP contribution in [0.3, 0.4) is 0 Å². The highest BCUT2D eigenvalue weighted by molar-refractivity contribution is 5.95. The van der Waals surface area contributed by atoms with Crippen LogP contribution in [0.1, 0.15) is 39.9 Å². The lowest BCUT2D eigenvalue weighted by Gasteiger charge is -2.52. The lowest BCUT2D eigenvalue weighted by atomic mass is 9.90. The molecule has 0 aliphatic carbocycles. The number of alkyl halides is 6. The van der Waals surface area contributed by atoms with E-state index < -0.39 is 41.0 Å². The third-order valence-corrected chi connectivity index (χ3v) is 8.06. The number of nitrogens with zero attached hydrogens (tertiary/aromatic N) is 3. The Kier molecular flexibility index (Phi) is 7.94. The highest BCUT2D eigenvalue weighted by Gasteiger charge is 2.42. The van der Waals surface area contributed by atoms with Crippen molar-refractivity contribution in [1.29, 1.82) is 0 Å². The van der Waals surface area contributed by atoms with Crippen molar-refractivity contribution in [1.82, 2.24) is 14.7 Å². The number of morpholine rings is 1. The maximum absolute atomic E-state index is 13.7. The van der Waals surface area contributed by atoms with Crippen LogP contribution >= 0.6 is 0 Å². The Morgan fingerprint density at radius 1 is 0.795 bits per heavy atom. The van der Waals surface area contributed by atoms with E-state index in [0.717, 1.165) is 38.0 Å². The van der Waals surface area contributed by atoms with Crippen LogP contribution in [0.15, 0.2) is 48.5 Å². The van der Waals surface area contributed by atoms with Crippen molar-refractivity contribution in [2.24, 2.45) is 0 Å². The minimum atomic E-state index is -5.02. The second-order valence-electron chi connectivity index (χ2n) is 10.6. The van der Waals surface area contributed by atoms with Gasteiger partial charge in [-0.25, -0.2) is 0 Å². The van der Waals surface area contributed by atoms with Crippen molar-refractivity contribution in [2.45, 2.75) is 49.7 Å². The quantitative estimate of drug-likeness (QED) is 0.500. The molecule has 3 heterocycles. The molecule has 3 atom stereocenters. The predicted octanol–water partition coefficient (Wildman–Crippen LogP) is 4.96. The van der Waals surface area contributed by atoms with Crippen LogP contribution in [0.4, 0.5) is 26.3 Å². The number of piperidine rings is 1. The summed E-state index contributed by atoms with van der Waals surface area (Å²) in [5.41, 5.74) is -2.61. The highest BCUT2D eigenvalue weighted by Crippen LogP contribution is 2.37. The van der Waals surface area contributed by atoms with Crippen LogP contribution in [-0.2, 0) is 23.5 Å². The Hall–Kier alpha value is -2.63. The lowest BCUT2D eigenvalue weighted by Crippen LogP contribution is -2.65. The van der Waals surface area contributed by atoms with Crippen molar-refractivity contribution in [2.75, 3.05) is 45.9 Å². The average Bonchev–Trinajstić information content (AvgIpc) is 2.92. The second-order valence-corrected chi connectivity index (χ2v) is 10.6. The fourth-order valence-electron chi connectivity index (χ4n) is 6.05. The largest absolute Gasteiger partial charge is 0.416 e. The zero-order valence-electron chi connectivity index (χ0n) is 21.3. The molecule has 0 aromatic heterocycles. The number of fused-ring (bicyclic) bond motifs is 1. The van der Waals surface area contributed by atoms with Gasteiger partial charge in [-0.2, -0.15) is 26.3 Å². The zero-order chi connectivity index (χ0) is 27.8. The van der Waals surface area contributed by atoms with Crippen LogP contribution in [0.5, 0.6) is 0 Å². The number of halogens is 6. The first-order valence-electron chi connectivity index (χ1n) is 13.2. The van der Waals surface area contributed by atoms with E-state index in [4.69, 9.17) is 4.74 Å². The summed E-state index contributed by atoms with van der Waals surface area (Å²) in [5.74, 6) is -0.803. The third kappa shape index (κ3) is 6.41. The van der Waals surface area contributed by atoms with Gasteiger partial charge in [-0.1, -0.05) is 30.3 Å². The molecule has 1 amide bonds. The molecule has 212 valence electrons. The maximum Gasteiger partial charge on any atom is 0.416 e. The van der Waals surface area contributed by atoms with Gasteiger partial charge in [0.1, 0.15) is 0 Å². The molecule has 3 fully saturated rings. The standard InChI is InChI=1S/C28H31F6N3O2/c29-27(30,31)21-13-20(14-22(15-21)28(32,33)34)26(38)37-18-24-7-6-23(35-8-10-39-11-9-35)16-36(24)17-25(37)12-19-4-2-1-3-5-19/h1-5,13-15,23-25H,6-12,16-18H2/t23-,24-,25-/m1/s1. The summed E-state index contributed by atoms with van der Waals surface area (Å²) < 4.78 is 86.5. The van der Waals surface area contributed by atoms with E-state index in [-0.39, 0.29) is 18.7 Å². The molecule has 5 rings (SSSR count). The monoisotopic (exact) mass is 555 g/mol. The van der Waals surface area contributed by atoms with E-state index >= 15 is 0 Å². The van der Waals surface area contributed by atoms with Crippen molar-refractivity contribution in [3.05, 3.63) is 70.8 Å². The van der Waals surface area contributed by atoms with Gasteiger partial charge in [0.25, 0.3) is 5.91 Å². The molecule has 39 heavy (non-hydrogen) atoms. The third-order valence-electron chi connectivity index (χ3n) is 8.06. The van der Waals surface area contributed by atoms with Gasteiger partial charge < -0.3 is 9.64 Å². The molecule has 5 nitrogen and oxygen atoms in total. The van der Waals surface area contributed by atoms with Gasteiger partial charge in [0.15, 0.2) is 0 Å². The first-order valence-corrected chi connectivity index (χ1v) is 13.2. The van der Waals surface area contributed by atoms with E-state index in [1.54, 1.807) is 0 Å². The topological polar surface area (TPSA) is 36.0 Å². The molecule has 0 unspecified atom stereocenters. The minimum Gasteiger partial charge on any atom is -0.379 e. The maximum atomic E-state index is 13.7. The molecule has 0 spiro atoms. The van der Waals surface area contributed by atoms with Gasteiger partial charge in [-0.15, -0.1) is 0 Å². The van der Waals surface area contributed by atoms with Crippen LogP contribution in [0.2, 0.25) is 0 Å². The van der Waals surface area contributed by atoms with Crippen molar-refractivity contribution < 1.29 is 35.9 Å². The van der Waals surface area contributed by atoms with Crippen LogP contribution in [-0.4, -0.2) is 84.7 Å². The Morgan fingerprint density at radius 2 is 1.38 bits per heavy atom. The number of amides is 1. The number of benzene rings is 2. The first kappa shape index (κ1) is 27.9. The van der Waals surface area contributed by atoms with Gasteiger partial charge in [-0.05, 0) is 43.0 Å². The van der Waals surface area contributed by atoms with Gasteiger partial charge in [0, 0.05) is 56.4 Å². The highest BCUT2D eigenvalue weighted by atomic mass is 19.4. The molecular weight excluding hydrogens is 524 g/mol. The number of hydrogen-bond donors (Lipinski definition) is 0. The van der Waals surface area contributed by atoms with E-state index in [0.29, 0.717) is 44.4 Å². The normalized spacial score (nSPS) is 25.4. The molecule has 0 N–H and O–H groups in total. The molecule has 0 radical (unpaired) electrons. The van der Waals surface area contributed by atoms with Crippen LogP contribution in [0, 0.1) is 0 Å². The number of carbonyl (C=O) groups is 1. The SMILES string of the molecule is O=C(c1cc(C(F)(F)F)cc(C(F)(F)F)c1)N1C[C@H]2CC[C@@H](N3CCOCC3)CN2C[C@H]1Cc1ccccc1. The number of hydrogen-bond acceptors (Lipinski definition) is 4. The molecular formula is C28H31F6N3O2. The molecule has 0 saturated carbocycles. The van der Waals surface area contributed by atoms with Crippen molar-refractivity contribution in [3.63, 3.8) is 0 Å². The molecule has 2 aromatic rings. The fourth-order valence-corrected chi connectivity index (χ4v) is 6.05. The van der Waals surface area contributed by atoms with E-state index in [2.05, 4.69) is 9.80 Å².